The lowest BCUT2D eigenvalue weighted by Crippen LogP contribution is -2.30. The van der Waals surface area contributed by atoms with Crippen LogP contribution in [0.4, 0.5) is 4.39 Å². The summed E-state index contributed by atoms with van der Waals surface area (Å²) in [6.45, 7) is 1.48. The summed E-state index contributed by atoms with van der Waals surface area (Å²) in [5.74, 6) is -2.28. The number of halogens is 1. The van der Waals surface area contributed by atoms with Crippen molar-refractivity contribution in [2.24, 2.45) is 5.92 Å². The van der Waals surface area contributed by atoms with Crippen molar-refractivity contribution in [2.45, 2.75) is 18.2 Å². The van der Waals surface area contributed by atoms with Gasteiger partial charge in [0.1, 0.15) is 5.82 Å². The number of carboxylic acids is 1. The van der Waals surface area contributed by atoms with Crippen LogP contribution in [0.25, 0.3) is 0 Å². The number of nitrogens with zero attached hydrogens (tertiary/aromatic N) is 1. The molecule has 0 spiro atoms. The van der Waals surface area contributed by atoms with Crippen LogP contribution in [-0.2, 0) is 14.8 Å². The van der Waals surface area contributed by atoms with Crippen molar-refractivity contribution in [3.8, 4) is 0 Å². The lowest BCUT2D eigenvalue weighted by Gasteiger charge is -2.17. The minimum Gasteiger partial charge on any atom is -0.481 e. The van der Waals surface area contributed by atoms with E-state index in [9.17, 15) is 17.6 Å². The molecule has 0 bridgehead atoms. The zero-order chi connectivity index (χ0) is 14.2. The lowest BCUT2D eigenvalue weighted by atomic mass is 10.1. The first kappa shape index (κ1) is 14.0. The topological polar surface area (TPSA) is 74.7 Å². The Balaban J connectivity index is 2.34. The molecule has 0 saturated carbocycles. The van der Waals surface area contributed by atoms with Gasteiger partial charge >= 0.3 is 5.97 Å². The highest BCUT2D eigenvalue weighted by Gasteiger charge is 2.36. The first-order valence-corrected chi connectivity index (χ1v) is 7.26. The van der Waals surface area contributed by atoms with Crippen LogP contribution in [0, 0.1) is 18.7 Å². The van der Waals surface area contributed by atoms with Gasteiger partial charge in [-0.2, -0.15) is 4.31 Å². The van der Waals surface area contributed by atoms with Crippen LogP contribution in [0.2, 0.25) is 0 Å². The van der Waals surface area contributed by atoms with Gasteiger partial charge in [-0.25, -0.2) is 12.8 Å². The maximum atomic E-state index is 13.4. The molecular formula is C12H14FNO4S. The normalized spacial score (nSPS) is 20.6. The average molecular weight is 287 g/mol. The van der Waals surface area contributed by atoms with Crippen molar-refractivity contribution in [1.29, 1.82) is 0 Å². The van der Waals surface area contributed by atoms with E-state index >= 15 is 0 Å². The fourth-order valence-electron chi connectivity index (χ4n) is 2.15. The lowest BCUT2D eigenvalue weighted by molar-refractivity contribution is -0.141. The summed E-state index contributed by atoms with van der Waals surface area (Å²) < 4.78 is 39.2. The second-order valence-corrected chi connectivity index (χ2v) is 6.46. The third kappa shape index (κ3) is 2.48. The molecule has 7 heteroatoms. The Kier molecular flexibility index (Phi) is 3.60. The molecule has 0 amide bonds. The summed E-state index contributed by atoms with van der Waals surface area (Å²) in [6.07, 6.45) is 0.281. The van der Waals surface area contributed by atoms with Gasteiger partial charge in [0.15, 0.2) is 0 Å². The van der Waals surface area contributed by atoms with Crippen LogP contribution < -0.4 is 0 Å². The third-order valence-corrected chi connectivity index (χ3v) is 5.35. The van der Waals surface area contributed by atoms with Gasteiger partial charge < -0.3 is 5.11 Å². The van der Waals surface area contributed by atoms with E-state index in [2.05, 4.69) is 0 Å². The number of hydrogen-bond donors (Lipinski definition) is 1. The predicted molar refractivity (Wildman–Crippen MR) is 65.6 cm³/mol. The fourth-order valence-corrected chi connectivity index (χ4v) is 3.89. The van der Waals surface area contributed by atoms with Gasteiger partial charge in [-0.05, 0) is 25.5 Å². The molecule has 1 N–H and O–H groups in total. The summed E-state index contributed by atoms with van der Waals surface area (Å²) >= 11 is 0. The number of sulfonamides is 1. The summed E-state index contributed by atoms with van der Waals surface area (Å²) in [4.78, 5) is 10.8. The molecule has 1 aromatic carbocycles. The number of rotatable bonds is 3. The van der Waals surface area contributed by atoms with Crippen molar-refractivity contribution >= 4 is 16.0 Å². The number of benzene rings is 1. The Hall–Kier alpha value is -1.47. The minimum atomic E-state index is -3.83. The van der Waals surface area contributed by atoms with Crippen LogP contribution in [0.5, 0.6) is 0 Å². The Morgan fingerprint density at radius 1 is 1.47 bits per heavy atom. The van der Waals surface area contributed by atoms with Crippen molar-refractivity contribution in [2.75, 3.05) is 13.1 Å². The maximum absolute atomic E-state index is 13.4. The van der Waals surface area contributed by atoms with E-state index in [4.69, 9.17) is 5.11 Å². The van der Waals surface area contributed by atoms with Crippen LogP contribution in [0.15, 0.2) is 23.1 Å². The van der Waals surface area contributed by atoms with Crippen LogP contribution in [0.3, 0.4) is 0 Å². The SMILES string of the molecule is Cc1c(F)cccc1S(=O)(=O)N1CCC(C(=O)O)C1. The molecule has 1 aliphatic heterocycles. The zero-order valence-corrected chi connectivity index (χ0v) is 11.2. The number of aliphatic carboxylic acids is 1. The third-order valence-electron chi connectivity index (χ3n) is 3.34. The van der Waals surface area contributed by atoms with Crippen molar-refractivity contribution < 1.29 is 22.7 Å². The first-order chi connectivity index (χ1) is 8.84. The molecule has 1 heterocycles. The summed E-state index contributed by atoms with van der Waals surface area (Å²) in [7, 11) is -3.83. The summed E-state index contributed by atoms with van der Waals surface area (Å²) in [5, 5.41) is 8.88. The molecule has 19 heavy (non-hydrogen) atoms. The molecule has 1 atom stereocenters. The first-order valence-electron chi connectivity index (χ1n) is 5.82. The molecule has 1 aliphatic rings. The summed E-state index contributed by atoms with van der Waals surface area (Å²) in [6, 6.07) is 3.86. The van der Waals surface area contributed by atoms with E-state index in [-0.39, 0.29) is 30.0 Å². The second-order valence-electron chi connectivity index (χ2n) is 4.55. The Morgan fingerprint density at radius 3 is 2.74 bits per heavy atom. The Labute approximate surface area is 110 Å². The highest BCUT2D eigenvalue weighted by atomic mass is 32.2. The molecule has 1 aromatic rings. The molecule has 1 fully saturated rings. The van der Waals surface area contributed by atoms with E-state index in [1.54, 1.807) is 0 Å². The fraction of sp³-hybridized carbons (Fsp3) is 0.417. The minimum absolute atomic E-state index is 0.0567. The Bertz CT molecular complexity index is 614. The quantitative estimate of drug-likeness (QED) is 0.907. The molecule has 0 aromatic heterocycles. The average Bonchev–Trinajstić information content (AvgIpc) is 2.82. The smallest absolute Gasteiger partial charge is 0.307 e. The van der Waals surface area contributed by atoms with Crippen LogP contribution in [0.1, 0.15) is 12.0 Å². The highest BCUT2D eigenvalue weighted by Crippen LogP contribution is 2.27. The van der Waals surface area contributed by atoms with Gasteiger partial charge in [0.25, 0.3) is 0 Å². The van der Waals surface area contributed by atoms with Gasteiger partial charge in [-0.3, -0.25) is 4.79 Å². The van der Waals surface area contributed by atoms with Gasteiger partial charge in [-0.1, -0.05) is 6.07 Å². The Morgan fingerprint density at radius 2 is 2.16 bits per heavy atom. The van der Waals surface area contributed by atoms with Gasteiger partial charge in [-0.15, -0.1) is 0 Å². The number of carbonyl (C=O) groups is 1. The van der Waals surface area contributed by atoms with Crippen LogP contribution in [-0.4, -0.2) is 36.9 Å². The predicted octanol–water partition coefficient (Wildman–Crippen LogP) is 1.23. The molecule has 5 nitrogen and oxygen atoms in total. The van der Waals surface area contributed by atoms with Crippen LogP contribution >= 0.6 is 0 Å². The van der Waals surface area contributed by atoms with Crippen molar-refractivity contribution in [3.63, 3.8) is 0 Å². The van der Waals surface area contributed by atoms with E-state index in [0.29, 0.717) is 0 Å². The highest BCUT2D eigenvalue weighted by molar-refractivity contribution is 7.89. The molecule has 104 valence electrons. The van der Waals surface area contributed by atoms with Gasteiger partial charge in [0, 0.05) is 18.7 Å². The molecular weight excluding hydrogens is 273 g/mol. The standard InChI is InChI=1S/C12H14FNO4S/c1-8-10(13)3-2-4-11(8)19(17,18)14-6-5-9(7-14)12(15)16/h2-4,9H,5-7H2,1H3,(H,15,16). The summed E-state index contributed by atoms with van der Waals surface area (Å²) in [5.41, 5.74) is 0.0567. The molecule has 0 aliphatic carbocycles. The van der Waals surface area contributed by atoms with E-state index in [0.717, 1.165) is 4.31 Å². The van der Waals surface area contributed by atoms with E-state index in [1.165, 1.54) is 25.1 Å². The van der Waals surface area contributed by atoms with Gasteiger partial charge in [0.05, 0.1) is 10.8 Å². The molecule has 2 rings (SSSR count). The maximum Gasteiger partial charge on any atom is 0.307 e. The van der Waals surface area contributed by atoms with E-state index < -0.39 is 27.7 Å². The number of carboxylic acid groups (broad SMARTS) is 1. The zero-order valence-electron chi connectivity index (χ0n) is 10.3. The molecule has 1 saturated heterocycles. The monoisotopic (exact) mass is 287 g/mol. The molecule has 0 radical (unpaired) electrons. The van der Waals surface area contributed by atoms with E-state index in [1.807, 2.05) is 0 Å². The second kappa shape index (κ2) is 4.90. The largest absolute Gasteiger partial charge is 0.481 e. The van der Waals surface area contributed by atoms with Crippen molar-refractivity contribution in [1.82, 2.24) is 4.31 Å². The van der Waals surface area contributed by atoms with Crippen molar-refractivity contribution in [3.05, 3.63) is 29.6 Å². The number of hydrogen-bond acceptors (Lipinski definition) is 3. The van der Waals surface area contributed by atoms with Gasteiger partial charge in [0.2, 0.25) is 10.0 Å². The molecule has 1 unspecified atom stereocenters.